The minimum atomic E-state index is -0.348. The topological polar surface area (TPSA) is 66.5 Å². The van der Waals surface area contributed by atoms with Crippen molar-refractivity contribution < 1.29 is 14.4 Å². The molecule has 29 heavy (non-hydrogen) atoms. The van der Waals surface area contributed by atoms with E-state index in [1.165, 1.54) is 11.1 Å². The van der Waals surface area contributed by atoms with Crippen molar-refractivity contribution in [2.45, 2.75) is 49.4 Å². The lowest BCUT2D eigenvalue weighted by Crippen LogP contribution is -2.36. The highest BCUT2D eigenvalue weighted by Gasteiger charge is 2.33. The van der Waals surface area contributed by atoms with Gasteiger partial charge in [0.1, 0.15) is 6.29 Å². The molecule has 152 valence electrons. The van der Waals surface area contributed by atoms with E-state index in [9.17, 15) is 14.4 Å². The van der Waals surface area contributed by atoms with Gasteiger partial charge in [-0.1, -0.05) is 43.7 Å². The SMILES string of the molecule is CCCC(C=O)N1Cc2c(SCc3ccc(CCNC=O)cc3)cccc2C1=O. The maximum Gasteiger partial charge on any atom is 0.255 e. The van der Waals surface area contributed by atoms with Crippen molar-refractivity contribution >= 4 is 30.4 Å². The molecule has 1 unspecified atom stereocenters. The molecule has 0 aromatic heterocycles. The molecule has 6 heteroatoms. The van der Waals surface area contributed by atoms with E-state index in [0.717, 1.165) is 47.3 Å². The molecule has 1 N–H and O–H groups in total. The molecular weight excluding hydrogens is 384 g/mol. The van der Waals surface area contributed by atoms with Gasteiger partial charge in [0.2, 0.25) is 6.41 Å². The molecule has 1 aliphatic rings. The van der Waals surface area contributed by atoms with Crippen LogP contribution in [-0.2, 0) is 28.3 Å². The summed E-state index contributed by atoms with van der Waals surface area (Å²) in [4.78, 5) is 37.4. The second-order valence-electron chi connectivity index (χ2n) is 7.13. The van der Waals surface area contributed by atoms with Crippen LogP contribution in [0.15, 0.2) is 47.4 Å². The lowest BCUT2D eigenvalue weighted by atomic mass is 10.1. The summed E-state index contributed by atoms with van der Waals surface area (Å²) < 4.78 is 0. The monoisotopic (exact) mass is 410 g/mol. The number of rotatable bonds is 11. The molecule has 0 fully saturated rings. The number of carbonyl (C=O) groups excluding carboxylic acids is 3. The van der Waals surface area contributed by atoms with Crippen LogP contribution in [0, 0.1) is 0 Å². The lowest BCUT2D eigenvalue weighted by molar-refractivity contribution is -0.112. The molecule has 1 aliphatic heterocycles. The van der Waals surface area contributed by atoms with Crippen molar-refractivity contribution in [3.63, 3.8) is 0 Å². The average molecular weight is 411 g/mol. The summed E-state index contributed by atoms with van der Waals surface area (Å²) in [6.07, 6.45) is 3.99. The Morgan fingerprint density at radius 3 is 2.59 bits per heavy atom. The number of carbonyl (C=O) groups is 3. The number of hydrogen-bond donors (Lipinski definition) is 1. The fraction of sp³-hybridized carbons (Fsp3) is 0.348. The van der Waals surface area contributed by atoms with Gasteiger partial charge in [0.15, 0.2) is 0 Å². The summed E-state index contributed by atoms with van der Waals surface area (Å²) in [5.74, 6) is 0.769. The largest absolute Gasteiger partial charge is 0.358 e. The van der Waals surface area contributed by atoms with Gasteiger partial charge >= 0.3 is 0 Å². The van der Waals surface area contributed by atoms with E-state index in [2.05, 4.69) is 35.6 Å². The van der Waals surface area contributed by atoms with Gasteiger partial charge < -0.3 is 15.0 Å². The number of hydrogen-bond acceptors (Lipinski definition) is 4. The van der Waals surface area contributed by atoms with Gasteiger partial charge in [0.25, 0.3) is 5.91 Å². The summed E-state index contributed by atoms with van der Waals surface area (Å²) in [7, 11) is 0. The first-order valence-corrected chi connectivity index (χ1v) is 10.9. The average Bonchev–Trinajstić information content (AvgIpc) is 3.08. The molecule has 5 nitrogen and oxygen atoms in total. The van der Waals surface area contributed by atoms with Crippen molar-refractivity contribution in [3.05, 3.63) is 64.7 Å². The van der Waals surface area contributed by atoms with Crippen molar-refractivity contribution in [3.8, 4) is 0 Å². The van der Waals surface area contributed by atoms with Gasteiger partial charge in [-0.2, -0.15) is 0 Å². The maximum atomic E-state index is 12.8. The van der Waals surface area contributed by atoms with Gasteiger partial charge in [-0.25, -0.2) is 0 Å². The molecule has 1 atom stereocenters. The number of aldehydes is 1. The van der Waals surface area contributed by atoms with Crippen LogP contribution in [0.5, 0.6) is 0 Å². The third-order valence-electron chi connectivity index (χ3n) is 5.15. The van der Waals surface area contributed by atoms with E-state index < -0.39 is 0 Å². The second-order valence-corrected chi connectivity index (χ2v) is 8.15. The number of amides is 2. The second kappa shape index (κ2) is 10.3. The first-order chi connectivity index (χ1) is 14.2. The standard InChI is InChI=1S/C23H26N2O3S/c1-2-4-19(14-26)25-13-21-20(23(25)28)5-3-6-22(21)29-15-18-9-7-17(8-10-18)11-12-24-16-27/h3,5-10,14,16,19H,2,4,11-13,15H2,1H3,(H,24,27). The number of nitrogens with one attached hydrogen (secondary N) is 1. The van der Waals surface area contributed by atoms with Crippen LogP contribution in [0.25, 0.3) is 0 Å². The summed E-state index contributed by atoms with van der Waals surface area (Å²) >= 11 is 1.72. The Morgan fingerprint density at radius 2 is 1.90 bits per heavy atom. The molecule has 1 heterocycles. The summed E-state index contributed by atoms with van der Waals surface area (Å²) in [5, 5.41) is 2.67. The van der Waals surface area contributed by atoms with Gasteiger partial charge in [0, 0.05) is 29.3 Å². The van der Waals surface area contributed by atoms with Crippen LogP contribution in [0.3, 0.4) is 0 Å². The molecule has 3 rings (SSSR count). The molecule has 0 saturated heterocycles. The van der Waals surface area contributed by atoms with E-state index in [1.54, 1.807) is 16.7 Å². The Kier molecular flexibility index (Phi) is 7.47. The zero-order valence-corrected chi connectivity index (χ0v) is 17.4. The van der Waals surface area contributed by atoms with Crippen molar-refractivity contribution in [1.29, 1.82) is 0 Å². The van der Waals surface area contributed by atoms with Crippen molar-refractivity contribution in [1.82, 2.24) is 10.2 Å². The molecular formula is C23H26N2O3S. The fourth-order valence-electron chi connectivity index (χ4n) is 3.56. The zero-order valence-electron chi connectivity index (χ0n) is 16.6. The third-order valence-corrected chi connectivity index (χ3v) is 6.32. The van der Waals surface area contributed by atoms with Crippen LogP contribution in [0.2, 0.25) is 0 Å². The molecule has 0 saturated carbocycles. The predicted octanol–water partition coefficient (Wildman–Crippen LogP) is 3.59. The lowest BCUT2D eigenvalue weighted by Gasteiger charge is -2.22. The minimum absolute atomic E-state index is 0.0405. The maximum absolute atomic E-state index is 12.8. The molecule has 0 radical (unpaired) electrons. The van der Waals surface area contributed by atoms with Crippen LogP contribution in [0.1, 0.15) is 46.8 Å². The van der Waals surface area contributed by atoms with E-state index >= 15 is 0 Å². The predicted molar refractivity (Wildman–Crippen MR) is 115 cm³/mol. The molecule has 2 amide bonds. The minimum Gasteiger partial charge on any atom is -0.358 e. The van der Waals surface area contributed by atoms with Crippen LogP contribution >= 0.6 is 11.8 Å². The highest BCUT2D eigenvalue weighted by atomic mass is 32.2. The van der Waals surface area contributed by atoms with Gasteiger partial charge in [-0.3, -0.25) is 9.59 Å². The highest BCUT2D eigenvalue weighted by molar-refractivity contribution is 7.98. The molecule has 0 aliphatic carbocycles. The van der Waals surface area contributed by atoms with Gasteiger partial charge in [-0.15, -0.1) is 11.8 Å². The van der Waals surface area contributed by atoms with Crippen molar-refractivity contribution in [2.75, 3.05) is 6.54 Å². The number of benzene rings is 2. The van der Waals surface area contributed by atoms with Crippen LogP contribution in [-0.4, -0.2) is 36.1 Å². The highest BCUT2D eigenvalue weighted by Crippen LogP contribution is 2.35. The Balaban J connectivity index is 1.66. The summed E-state index contributed by atoms with van der Waals surface area (Å²) in [5.41, 5.74) is 4.14. The third kappa shape index (κ3) is 5.07. The summed E-state index contributed by atoms with van der Waals surface area (Å²) in [6, 6.07) is 13.9. The van der Waals surface area contributed by atoms with E-state index in [1.807, 2.05) is 19.1 Å². The van der Waals surface area contributed by atoms with Crippen LogP contribution in [0.4, 0.5) is 0 Å². The quantitative estimate of drug-likeness (QED) is 0.349. The van der Waals surface area contributed by atoms with Crippen LogP contribution < -0.4 is 5.32 Å². The smallest absolute Gasteiger partial charge is 0.255 e. The first kappa shape index (κ1) is 21.1. The van der Waals surface area contributed by atoms with E-state index in [4.69, 9.17) is 0 Å². The fourth-order valence-corrected chi connectivity index (χ4v) is 4.60. The normalized spacial score (nSPS) is 13.8. The Labute approximate surface area is 175 Å². The molecule has 2 aromatic rings. The zero-order chi connectivity index (χ0) is 20.6. The van der Waals surface area contributed by atoms with Gasteiger partial charge in [0.05, 0.1) is 6.04 Å². The number of thioether (sulfide) groups is 1. The Hall–Kier alpha value is -2.60. The number of nitrogens with zero attached hydrogens (tertiary/aromatic N) is 1. The molecule has 0 spiro atoms. The first-order valence-electron chi connectivity index (χ1n) is 9.93. The number of fused-ring (bicyclic) bond motifs is 1. The van der Waals surface area contributed by atoms with E-state index in [-0.39, 0.29) is 11.9 Å². The summed E-state index contributed by atoms with van der Waals surface area (Å²) in [6.45, 7) is 3.16. The molecule has 2 aromatic carbocycles. The van der Waals surface area contributed by atoms with E-state index in [0.29, 0.717) is 19.5 Å². The van der Waals surface area contributed by atoms with Crippen molar-refractivity contribution in [2.24, 2.45) is 0 Å². The molecule has 0 bridgehead atoms. The Morgan fingerprint density at radius 1 is 1.14 bits per heavy atom. The Bertz CT molecular complexity index is 867. The van der Waals surface area contributed by atoms with Gasteiger partial charge in [-0.05, 0) is 41.7 Å².